The predicted molar refractivity (Wildman–Crippen MR) is 76.7 cm³/mol. The molecule has 1 unspecified atom stereocenters. The van der Waals surface area contributed by atoms with Crippen molar-refractivity contribution in [3.63, 3.8) is 0 Å². The molecule has 0 bridgehead atoms. The zero-order valence-electron chi connectivity index (χ0n) is 11.0. The number of aliphatic carboxylic acids is 1. The number of carbonyl (C=O) groups is 2. The van der Waals surface area contributed by atoms with E-state index >= 15 is 0 Å². The first kappa shape index (κ1) is 14.9. The number of rotatable bonds is 5. The van der Waals surface area contributed by atoms with E-state index < -0.39 is 5.97 Å². The van der Waals surface area contributed by atoms with E-state index in [0.29, 0.717) is 19.7 Å². The third kappa shape index (κ3) is 4.25. The molecule has 5 nitrogen and oxygen atoms in total. The molecular weight excluding hydrogens is 278 g/mol. The topological polar surface area (TPSA) is 66.8 Å². The van der Waals surface area contributed by atoms with E-state index in [9.17, 15) is 9.59 Å². The molecule has 0 radical (unpaired) electrons. The molecule has 1 N–H and O–H groups in total. The van der Waals surface area contributed by atoms with Crippen LogP contribution in [0.4, 0.5) is 0 Å². The summed E-state index contributed by atoms with van der Waals surface area (Å²) in [6.07, 6.45) is -0.0987. The maximum atomic E-state index is 12.0. The average Bonchev–Trinajstić information content (AvgIpc) is 2.48. The van der Waals surface area contributed by atoms with Crippen LogP contribution in [0.25, 0.3) is 0 Å². The number of carboxylic acid groups (broad SMARTS) is 1. The van der Waals surface area contributed by atoms with Gasteiger partial charge < -0.3 is 14.7 Å². The van der Waals surface area contributed by atoms with Gasteiger partial charge in [0.1, 0.15) is 6.10 Å². The Balaban J connectivity index is 1.87. The Labute approximate surface area is 121 Å². The monoisotopic (exact) mass is 295 g/mol. The third-order valence-corrected chi connectivity index (χ3v) is 3.94. The molecule has 1 aliphatic rings. The van der Waals surface area contributed by atoms with Gasteiger partial charge in [0.2, 0.25) is 5.91 Å². The average molecular weight is 295 g/mol. The van der Waals surface area contributed by atoms with Crippen LogP contribution in [0.5, 0.6) is 0 Å². The highest BCUT2D eigenvalue weighted by Gasteiger charge is 2.25. The first-order chi connectivity index (χ1) is 9.66. The standard InChI is InChI=1S/C14H17NO4S/c16-13(9-20-10-14(17)18)15-6-7-19-12(8-15)11-4-2-1-3-5-11/h1-5,12H,6-10H2,(H,17,18). The number of thioether (sulfide) groups is 1. The maximum absolute atomic E-state index is 12.0. The number of carboxylic acids is 1. The van der Waals surface area contributed by atoms with Gasteiger partial charge in [-0.3, -0.25) is 9.59 Å². The van der Waals surface area contributed by atoms with Crippen LogP contribution in [0.1, 0.15) is 11.7 Å². The number of amides is 1. The van der Waals surface area contributed by atoms with Crippen molar-refractivity contribution in [2.75, 3.05) is 31.2 Å². The van der Waals surface area contributed by atoms with Crippen molar-refractivity contribution in [2.24, 2.45) is 0 Å². The van der Waals surface area contributed by atoms with Gasteiger partial charge in [0, 0.05) is 6.54 Å². The van der Waals surface area contributed by atoms with Crippen molar-refractivity contribution in [3.05, 3.63) is 35.9 Å². The highest BCUT2D eigenvalue weighted by Crippen LogP contribution is 2.22. The molecule has 2 rings (SSSR count). The summed E-state index contributed by atoms with van der Waals surface area (Å²) in [5.74, 6) is -0.765. The highest BCUT2D eigenvalue weighted by atomic mass is 32.2. The SMILES string of the molecule is O=C(O)CSCC(=O)N1CCOC(c2ccccc2)C1. The van der Waals surface area contributed by atoms with Gasteiger partial charge in [0.05, 0.1) is 24.7 Å². The number of hydrogen-bond acceptors (Lipinski definition) is 4. The minimum atomic E-state index is -0.896. The Morgan fingerprint density at radius 1 is 1.30 bits per heavy atom. The number of hydrogen-bond donors (Lipinski definition) is 1. The quantitative estimate of drug-likeness (QED) is 0.889. The van der Waals surface area contributed by atoms with Gasteiger partial charge in [-0.05, 0) is 5.56 Å². The lowest BCUT2D eigenvalue weighted by molar-refractivity contribution is -0.136. The smallest absolute Gasteiger partial charge is 0.313 e. The minimum absolute atomic E-state index is 0.0273. The summed E-state index contributed by atoms with van der Waals surface area (Å²) in [6.45, 7) is 1.60. The molecule has 0 spiro atoms. The largest absolute Gasteiger partial charge is 0.481 e. The first-order valence-electron chi connectivity index (χ1n) is 6.40. The van der Waals surface area contributed by atoms with Crippen LogP contribution in [0.2, 0.25) is 0 Å². The fourth-order valence-corrected chi connectivity index (χ4v) is 2.70. The van der Waals surface area contributed by atoms with Gasteiger partial charge >= 0.3 is 5.97 Å². The van der Waals surface area contributed by atoms with E-state index in [1.54, 1.807) is 4.90 Å². The zero-order valence-corrected chi connectivity index (χ0v) is 11.8. The van der Waals surface area contributed by atoms with Crippen molar-refractivity contribution in [3.8, 4) is 0 Å². The van der Waals surface area contributed by atoms with Gasteiger partial charge in [-0.2, -0.15) is 0 Å². The second-order valence-electron chi connectivity index (χ2n) is 4.50. The van der Waals surface area contributed by atoms with Crippen molar-refractivity contribution >= 4 is 23.6 Å². The highest BCUT2D eigenvalue weighted by molar-refractivity contribution is 8.00. The van der Waals surface area contributed by atoms with Crippen molar-refractivity contribution in [2.45, 2.75) is 6.10 Å². The second kappa shape index (κ2) is 7.31. The summed E-state index contributed by atoms with van der Waals surface area (Å²) in [5.41, 5.74) is 1.06. The number of nitrogens with zero attached hydrogens (tertiary/aromatic N) is 1. The predicted octanol–water partition coefficient (Wildman–Crippen LogP) is 1.40. The molecule has 1 aromatic carbocycles. The molecule has 1 aromatic rings. The number of benzene rings is 1. The molecule has 1 aliphatic heterocycles. The van der Waals surface area contributed by atoms with Gasteiger partial charge in [-0.15, -0.1) is 11.8 Å². The molecule has 1 fully saturated rings. The minimum Gasteiger partial charge on any atom is -0.481 e. The van der Waals surface area contributed by atoms with E-state index in [1.165, 1.54) is 0 Å². The maximum Gasteiger partial charge on any atom is 0.313 e. The fourth-order valence-electron chi connectivity index (χ4n) is 2.06. The summed E-state index contributed by atoms with van der Waals surface area (Å²) >= 11 is 1.13. The Morgan fingerprint density at radius 3 is 2.75 bits per heavy atom. The van der Waals surface area contributed by atoms with Crippen LogP contribution in [0.3, 0.4) is 0 Å². The summed E-state index contributed by atoms with van der Waals surface area (Å²) in [6, 6.07) is 9.80. The van der Waals surface area contributed by atoms with Crippen LogP contribution in [-0.4, -0.2) is 53.1 Å². The Morgan fingerprint density at radius 2 is 2.05 bits per heavy atom. The molecule has 0 aromatic heterocycles. The Kier molecular flexibility index (Phi) is 5.43. The summed E-state index contributed by atoms with van der Waals surface area (Å²) in [5, 5.41) is 8.56. The van der Waals surface area contributed by atoms with Gasteiger partial charge in [-0.1, -0.05) is 30.3 Å². The normalized spacial score (nSPS) is 18.8. The lowest BCUT2D eigenvalue weighted by Gasteiger charge is -2.33. The molecule has 20 heavy (non-hydrogen) atoms. The molecule has 1 atom stereocenters. The molecular formula is C14H17NO4S. The van der Waals surface area contributed by atoms with Gasteiger partial charge in [-0.25, -0.2) is 0 Å². The molecule has 1 amide bonds. The number of carbonyl (C=O) groups excluding carboxylic acids is 1. The number of morpholine rings is 1. The van der Waals surface area contributed by atoms with Gasteiger partial charge in [0.15, 0.2) is 0 Å². The summed E-state index contributed by atoms with van der Waals surface area (Å²) in [7, 11) is 0. The third-order valence-electron chi connectivity index (χ3n) is 3.04. The molecule has 1 saturated heterocycles. The van der Waals surface area contributed by atoms with Crippen molar-refractivity contribution < 1.29 is 19.4 Å². The molecule has 108 valence electrons. The van der Waals surface area contributed by atoms with E-state index in [1.807, 2.05) is 30.3 Å². The molecule has 0 aliphatic carbocycles. The van der Waals surface area contributed by atoms with Gasteiger partial charge in [0.25, 0.3) is 0 Å². The van der Waals surface area contributed by atoms with Crippen LogP contribution in [-0.2, 0) is 14.3 Å². The van der Waals surface area contributed by atoms with E-state index in [2.05, 4.69) is 0 Å². The lowest BCUT2D eigenvalue weighted by Crippen LogP contribution is -2.43. The molecule has 0 saturated carbocycles. The van der Waals surface area contributed by atoms with Crippen molar-refractivity contribution in [1.29, 1.82) is 0 Å². The molecule has 1 heterocycles. The fraction of sp³-hybridized carbons (Fsp3) is 0.429. The van der Waals surface area contributed by atoms with Crippen LogP contribution in [0, 0.1) is 0 Å². The Hall–Kier alpha value is -1.53. The molecule has 6 heteroatoms. The number of ether oxygens (including phenoxy) is 1. The van der Waals surface area contributed by atoms with E-state index in [-0.39, 0.29) is 23.5 Å². The second-order valence-corrected chi connectivity index (χ2v) is 5.48. The van der Waals surface area contributed by atoms with Crippen molar-refractivity contribution in [1.82, 2.24) is 4.90 Å². The van der Waals surface area contributed by atoms with E-state index in [0.717, 1.165) is 17.3 Å². The van der Waals surface area contributed by atoms with Crippen LogP contribution in [0.15, 0.2) is 30.3 Å². The Bertz CT molecular complexity index is 466. The first-order valence-corrected chi connectivity index (χ1v) is 7.56. The zero-order chi connectivity index (χ0) is 14.4. The van der Waals surface area contributed by atoms with Crippen LogP contribution >= 0.6 is 11.8 Å². The summed E-state index contributed by atoms with van der Waals surface area (Å²) in [4.78, 5) is 24.2. The van der Waals surface area contributed by atoms with Crippen LogP contribution < -0.4 is 0 Å². The lowest BCUT2D eigenvalue weighted by atomic mass is 10.1. The van der Waals surface area contributed by atoms with E-state index in [4.69, 9.17) is 9.84 Å². The summed E-state index contributed by atoms with van der Waals surface area (Å²) < 4.78 is 5.69.